The lowest BCUT2D eigenvalue weighted by molar-refractivity contribution is 1.11. The monoisotopic (exact) mass is 236 g/mol. The second-order valence-electron chi connectivity index (χ2n) is 2.93. The van der Waals surface area contributed by atoms with Gasteiger partial charge >= 0.3 is 0 Å². The van der Waals surface area contributed by atoms with Crippen molar-refractivity contribution in [1.29, 1.82) is 0 Å². The molecular weight excluding hydrogens is 232 g/mol. The summed E-state index contributed by atoms with van der Waals surface area (Å²) >= 11 is 7.57. The molecule has 0 aliphatic carbocycles. The Morgan fingerprint density at radius 2 is 2.27 bits per heavy atom. The first-order valence-corrected chi connectivity index (χ1v) is 5.51. The van der Waals surface area contributed by atoms with E-state index in [0.29, 0.717) is 16.5 Å². The van der Waals surface area contributed by atoms with E-state index in [1.165, 1.54) is 0 Å². The summed E-state index contributed by atoms with van der Waals surface area (Å²) in [6.45, 7) is 0. The molecule has 4 nitrogen and oxygen atoms in total. The van der Waals surface area contributed by atoms with E-state index in [0.717, 1.165) is 10.4 Å². The summed E-state index contributed by atoms with van der Waals surface area (Å²) in [6.07, 6.45) is 1.71. The first-order chi connectivity index (χ1) is 7.34. The van der Waals surface area contributed by atoms with Crippen LogP contribution in [0.25, 0.3) is 21.7 Å². The summed E-state index contributed by atoms with van der Waals surface area (Å²) in [5.41, 5.74) is 1.34. The minimum absolute atomic E-state index is 0.379. The highest BCUT2D eigenvalue weighted by atomic mass is 35.5. The molecular formula is C9H5ClN4S. The molecule has 3 rings (SSSR count). The van der Waals surface area contributed by atoms with Gasteiger partial charge in [0.15, 0.2) is 11.0 Å². The zero-order valence-corrected chi connectivity index (χ0v) is 9.01. The number of aromatic amines is 1. The van der Waals surface area contributed by atoms with Crippen molar-refractivity contribution in [2.24, 2.45) is 0 Å². The van der Waals surface area contributed by atoms with Gasteiger partial charge in [-0.2, -0.15) is 5.10 Å². The third-order valence-corrected chi connectivity index (χ3v) is 3.12. The van der Waals surface area contributed by atoms with Crippen LogP contribution in [0.3, 0.4) is 0 Å². The van der Waals surface area contributed by atoms with Crippen molar-refractivity contribution in [3.63, 3.8) is 0 Å². The van der Waals surface area contributed by atoms with E-state index in [1.807, 2.05) is 17.5 Å². The molecule has 74 valence electrons. The smallest absolute Gasteiger partial charge is 0.171 e. The number of H-pyrrole nitrogens is 1. The van der Waals surface area contributed by atoms with Crippen LogP contribution >= 0.6 is 22.9 Å². The van der Waals surface area contributed by atoms with Crippen molar-refractivity contribution in [1.82, 2.24) is 20.2 Å². The molecule has 6 heteroatoms. The minimum Gasteiger partial charge on any atom is -0.283 e. The summed E-state index contributed by atoms with van der Waals surface area (Å²) in [5, 5.41) is 9.04. The molecule has 15 heavy (non-hydrogen) atoms. The summed E-state index contributed by atoms with van der Waals surface area (Å²) < 4.78 is 0. The first kappa shape index (κ1) is 8.82. The third-order valence-electron chi connectivity index (χ3n) is 1.99. The van der Waals surface area contributed by atoms with Crippen LogP contribution in [0.1, 0.15) is 0 Å². The molecule has 3 aromatic heterocycles. The fourth-order valence-electron chi connectivity index (χ4n) is 1.32. The number of nitrogens with one attached hydrogen (secondary N) is 1. The van der Waals surface area contributed by atoms with Crippen LogP contribution in [0.5, 0.6) is 0 Å². The van der Waals surface area contributed by atoms with Crippen LogP contribution in [0.4, 0.5) is 0 Å². The molecule has 0 aromatic carbocycles. The summed E-state index contributed by atoms with van der Waals surface area (Å²) in [4.78, 5) is 9.56. The number of fused-ring (bicyclic) bond motifs is 1. The van der Waals surface area contributed by atoms with E-state index in [2.05, 4.69) is 20.2 Å². The number of aromatic nitrogens is 4. The van der Waals surface area contributed by atoms with Gasteiger partial charge in [0, 0.05) is 6.20 Å². The van der Waals surface area contributed by atoms with Crippen molar-refractivity contribution in [2.75, 3.05) is 0 Å². The Morgan fingerprint density at radius 3 is 3.07 bits per heavy atom. The van der Waals surface area contributed by atoms with Crippen molar-refractivity contribution < 1.29 is 0 Å². The highest BCUT2D eigenvalue weighted by Gasteiger charge is 2.09. The van der Waals surface area contributed by atoms with E-state index >= 15 is 0 Å². The topological polar surface area (TPSA) is 54.5 Å². The molecule has 0 atom stereocenters. The lowest BCUT2D eigenvalue weighted by Gasteiger charge is -1.96. The zero-order valence-electron chi connectivity index (χ0n) is 7.44. The van der Waals surface area contributed by atoms with Gasteiger partial charge in [0.2, 0.25) is 0 Å². The fourth-order valence-corrected chi connectivity index (χ4v) is 2.20. The molecule has 3 heterocycles. The van der Waals surface area contributed by atoms with Crippen LogP contribution in [0, 0.1) is 0 Å². The standard InChI is InChI=1S/C9H5ClN4S/c10-8-7-5(4-11-14-7)12-9(13-8)6-2-1-3-15-6/h1-4H,(H,11,14). The number of hydrogen-bond acceptors (Lipinski definition) is 4. The summed E-state index contributed by atoms with van der Waals surface area (Å²) in [7, 11) is 0. The normalized spacial score (nSPS) is 11.0. The molecule has 0 radical (unpaired) electrons. The van der Waals surface area contributed by atoms with Crippen LogP contribution in [-0.2, 0) is 0 Å². The van der Waals surface area contributed by atoms with E-state index in [9.17, 15) is 0 Å². The van der Waals surface area contributed by atoms with Gasteiger partial charge in [-0.1, -0.05) is 17.7 Å². The maximum Gasteiger partial charge on any atom is 0.171 e. The number of rotatable bonds is 1. The van der Waals surface area contributed by atoms with Gasteiger partial charge in [0.1, 0.15) is 11.0 Å². The molecule has 0 bridgehead atoms. The van der Waals surface area contributed by atoms with Gasteiger partial charge in [0.25, 0.3) is 0 Å². The van der Waals surface area contributed by atoms with Crippen LogP contribution in [-0.4, -0.2) is 20.2 Å². The van der Waals surface area contributed by atoms with Crippen molar-refractivity contribution >= 4 is 34.0 Å². The Bertz CT molecular complexity index is 602. The molecule has 0 aliphatic heterocycles. The Hall–Kier alpha value is -1.46. The van der Waals surface area contributed by atoms with Gasteiger partial charge in [0.05, 0.1) is 4.88 Å². The van der Waals surface area contributed by atoms with Crippen molar-refractivity contribution in [3.05, 3.63) is 28.9 Å². The molecule has 0 aliphatic rings. The maximum atomic E-state index is 5.99. The highest BCUT2D eigenvalue weighted by molar-refractivity contribution is 7.13. The van der Waals surface area contributed by atoms with Gasteiger partial charge in [-0.05, 0) is 11.4 Å². The number of halogens is 1. The Balaban J connectivity index is 2.29. The highest BCUT2D eigenvalue weighted by Crippen LogP contribution is 2.25. The molecule has 1 N–H and O–H groups in total. The number of hydrogen-bond donors (Lipinski definition) is 1. The molecule has 0 fully saturated rings. The number of thiophene rings is 1. The Morgan fingerprint density at radius 1 is 1.33 bits per heavy atom. The molecule has 0 spiro atoms. The van der Waals surface area contributed by atoms with Crippen molar-refractivity contribution in [3.8, 4) is 10.7 Å². The fraction of sp³-hybridized carbons (Fsp3) is 0. The average Bonchev–Trinajstić information content (AvgIpc) is 2.88. The van der Waals surface area contributed by atoms with E-state index in [-0.39, 0.29) is 0 Å². The average molecular weight is 237 g/mol. The summed E-state index contributed by atoms with van der Waals surface area (Å²) in [6, 6.07) is 3.92. The Labute approximate surface area is 94.0 Å². The SMILES string of the molecule is Clc1nc(-c2cccs2)nc2c[nH]nc12. The predicted octanol–water partition coefficient (Wildman–Crippen LogP) is 2.73. The van der Waals surface area contributed by atoms with E-state index in [1.54, 1.807) is 17.5 Å². The van der Waals surface area contributed by atoms with Gasteiger partial charge in [-0.25, -0.2) is 9.97 Å². The number of nitrogens with zero attached hydrogens (tertiary/aromatic N) is 3. The summed E-state index contributed by atoms with van der Waals surface area (Å²) in [5.74, 6) is 0.643. The lowest BCUT2D eigenvalue weighted by Crippen LogP contribution is -1.88. The first-order valence-electron chi connectivity index (χ1n) is 4.25. The van der Waals surface area contributed by atoms with Gasteiger partial charge in [-0.15, -0.1) is 11.3 Å². The minimum atomic E-state index is 0.379. The van der Waals surface area contributed by atoms with Gasteiger partial charge in [-0.3, -0.25) is 5.10 Å². The predicted molar refractivity (Wildman–Crippen MR) is 60.0 cm³/mol. The second kappa shape index (κ2) is 3.29. The molecule has 0 unspecified atom stereocenters. The van der Waals surface area contributed by atoms with Crippen LogP contribution in [0.15, 0.2) is 23.7 Å². The maximum absolute atomic E-state index is 5.99. The molecule has 0 amide bonds. The van der Waals surface area contributed by atoms with Crippen LogP contribution < -0.4 is 0 Å². The van der Waals surface area contributed by atoms with E-state index in [4.69, 9.17) is 11.6 Å². The largest absolute Gasteiger partial charge is 0.283 e. The second-order valence-corrected chi connectivity index (χ2v) is 4.24. The molecule has 3 aromatic rings. The van der Waals surface area contributed by atoms with Crippen LogP contribution in [0.2, 0.25) is 5.15 Å². The Kier molecular flexibility index (Phi) is 1.93. The zero-order chi connectivity index (χ0) is 10.3. The van der Waals surface area contributed by atoms with Crippen molar-refractivity contribution in [2.45, 2.75) is 0 Å². The molecule has 0 saturated carbocycles. The lowest BCUT2D eigenvalue weighted by atomic mass is 10.4. The van der Waals surface area contributed by atoms with E-state index < -0.39 is 0 Å². The van der Waals surface area contributed by atoms with Gasteiger partial charge < -0.3 is 0 Å². The molecule has 0 saturated heterocycles. The quantitative estimate of drug-likeness (QED) is 0.661. The third kappa shape index (κ3) is 1.40.